The van der Waals surface area contributed by atoms with Gasteiger partial charge in [0.15, 0.2) is 0 Å². The zero-order valence-corrected chi connectivity index (χ0v) is 12.3. The number of nitrogens with two attached hydrogens (primary N) is 1. The van der Waals surface area contributed by atoms with Gasteiger partial charge in [-0.25, -0.2) is 4.98 Å². The molecule has 0 saturated heterocycles. The molecule has 0 aliphatic heterocycles. The molecule has 0 unspecified atom stereocenters. The van der Waals surface area contributed by atoms with E-state index in [0.29, 0.717) is 30.2 Å². The van der Waals surface area contributed by atoms with Crippen molar-refractivity contribution in [1.82, 2.24) is 10.3 Å². The van der Waals surface area contributed by atoms with Crippen LogP contribution in [0.15, 0.2) is 23.6 Å². The molecule has 20 heavy (non-hydrogen) atoms. The van der Waals surface area contributed by atoms with E-state index in [0.717, 1.165) is 10.7 Å². The Morgan fingerprint density at radius 1 is 1.45 bits per heavy atom. The Morgan fingerprint density at radius 3 is 2.90 bits per heavy atom. The minimum atomic E-state index is -0.191. The quantitative estimate of drug-likeness (QED) is 0.829. The lowest BCUT2D eigenvalue weighted by Crippen LogP contribution is -2.23. The van der Waals surface area contributed by atoms with E-state index >= 15 is 0 Å². The molecule has 5 nitrogen and oxygen atoms in total. The average Bonchev–Trinajstić information content (AvgIpc) is 2.81. The lowest BCUT2D eigenvalue weighted by Gasteiger charge is -2.08. The molecule has 1 aromatic carbocycles. The molecule has 2 aromatic rings. The number of nitrogens with zero attached hydrogens (tertiary/aromatic N) is 1. The number of nitrogen functional groups attached to an aromatic ring is 1. The Balaban J connectivity index is 2.04. The molecule has 0 aliphatic rings. The maximum absolute atomic E-state index is 12.1. The average molecular weight is 291 g/mol. The normalized spacial score (nSPS) is 10.3. The van der Waals surface area contributed by atoms with Gasteiger partial charge in [-0.1, -0.05) is 0 Å². The Bertz CT molecular complexity index is 610. The number of amides is 1. The van der Waals surface area contributed by atoms with E-state index in [-0.39, 0.29) is 5.91 Å². The minimum absolute atomic E-state index is 0.191. The molecule has 0 saturated carbocycles. The molecule has 0 atom stereocenters. The fraction of sp³-hybridized carbons (Fsp3) is 0.286. The molecule has 2 rings (SSSR count). The zero-order valence-electron chi connectivity index (χ0n) is 11.5. The topological polar surface area (TPSA) is 77.2 Å². The van der Waals surface area contributed by atoms with Crippen LogP contribution in [0.5, 0.6) is 5.75 Å². The highest BCUT2D eigenvalue weighted by Gasteiger charge is 2.09. The number of rotatable bonds is 5. The molecule has 0 radical (unpaired) electrons. The van der Waals surface area contributed by atoms with Crippen LogP contribution >= 0.6 is 11.3 Å². The lowest BCUT2D eigenvalue weighted by molar-refractivity contribution is 0.0950. The summed E-state index contributed by atoms with van der Waals surface area (Å²) in [6.07, 6.45) is 0. The third-order valence-corrected chi connectivity index (χ3v) is 3.42. The van der Waals surface area contributed by atoms with Gasteiger partial charge in [0.25, 0.3) is 5.91 Å². The van der Waals surface area contributed by atoms with Crippen molar-refractivity contribution >= 4 is 22.9 Å². The first-order valence-electron chi connectivity index (χ1n) is 6.31. The number of benzene rings is 1. The predicted octanol–water partition coefficient (Wildman–Crippen LogP) is 2.36. The van der Waals surface area contributed by atoms with Crippen molar-refractivity contribution in [3.05, 3.63) is 39.8 Å². The number of hydrogen-bond donors (Lipinski definition) is 2. The predicted molar refractivity (Wildman–Crippen MR) is 80.0 cm³/mol. The molecule has 1 aromatic heterocycles. The van der Waals surface area contributed by atoms with Crippen LogP contribution in [0.2, 0.25) is 0 Å². The van der Waals surface area contributed by atoms with Crippen LogP contribution in [0.25, 0.3) is 0 Å². The molecule has 6 heteroatoms. The third-order valence-electron chi connectivity index (χ3n) is 2.60. The Labute approximate surface area is 121 Å². The second-order valence-electron chi connectivity index (χ2n) is 4.26. The Kier molecular flexibility index (Phi) is 4.57. The molecule has 0 bridgehead atoms. The molecular weight excluding hydrogens is 274 g/mol. The summed E-state index contributed by atoms with van der Waals surface area (Å²) < 4.78 is 5.37. The van der Waals surface area contributed by atoms with Crippen LogP contribution in [0.4, 0.5) is 5.69 Å². The van der Waals surface area contributed by atoms with Crippen molar-refractivity contribution in [2.75, 3.05) is 12.3 Å². The van der Waals surface area contributed by atoms with Gasteiger partial charge in [0, 0.05) is 22.7 Å². The number of carbonyl (C=O) groups excluding carboxylic acids is 1. The fourth-order valence-electron chi connectivity index (χ4n) is 1.77. The van der Waals surface area contributed by atoms with Gasteiger partial charge >= 0.3 is 0 Å². The number of ether oxygens (including phenoxy) is 1. The highest BCUT2D eigenvalue weighted by molar-refractivity contribution is 7.09. The van der Waals surface area contributed by atoms with E-state index in [4.69, 9.17) is 10.5 Å². The van der Waals surface area contributed by atoms with Gasteiger partial charge < -0.3 is 15.8 Å². The summed E-state index contributed by atoms with van der Waals surface area (Å²) in [5.41, 5.74) is 7.62. The largest absolute Gasteiger partial charge is 0.494 e. The van der Waals surface area contributed by atoms with Crippen molar-refractivity contribution in [2.24, 2.45) is 0 Å². The van der Waals surface area contributed by atoms with Crippen LogP contribution in [-0.2, 0) is 6.54 Å². The summed E-state index contributed by atoms with van der Waals surface area (Å²) in [5.74, 6) is 0.408. The molecule has 1 heterocycles. The van der Waals surface area contributed by atoms with Gasteiger partial charge in [-0.3, -0.25) is 4.79 Å². The second kappa shape index (κ2) is 6.38. The number of nitrogens with one attached hydrogen (secondary N) is 1. The van der Waals surface area contributed by atoms with E-state index in [1.165, 1.54) is 0 Å². The number of anilines is 1. The first-order chi connectivity index (χ1) is 9.58. The smallest absolute Gasteiger partial charge is 0.251 e. The van der Waals surface area contributed by atoms with Gasteiger partial charge in [0.05, 0.1) is 23.9 Å². The monoisotopic (exact) mass is 291 g/mol. The number of carbonyl (C=O) groups is 1. The van der Waals surface area contributed by atoms with E-state index in [2.05, 4.69) is 10.3 Å². The van der Waals surface area contributed by atoms with E-state index in [9.17, 15) is 4.79 Å². The van der Waals surface area contributed by atoms with Crippen LogP contribution in [0.1, 0.15) is 28.0 Å². The molecule has 0 spiro atoms. The third kappa shape index (κ3) is 3.71. The summed E-state index contributed by atoms with van der Waals surface area (Å²) in [6, 6.07) is 5.01. The molecule has 106 valence electrons. The number of aromatic nitrogens is 1. The van der Waals surface area contributed by atoms with Crippen molar-refractivity contribution in [1.29, 1.82) is 0 Å². The Morgan fingerprint density at radius 2 is 2.25 bits per heavy atom. The summed E-state index contributed by atoms with van der Waals surface area (Å²) in [4.78, 5) is 16.4. The molecule has 0 fully saturated rings. The van der Waals surface area contributed by atoms with Gasteiger partial charge in [0.1, 0.15) is 5.75 Å². The van der Waals surface area contributed by atoms with Crippen molar-refractivity contribution < 1.29 is 9.53 Å². The fourth-order valence-corrected chi connectivity index (χ4v) is 2.38. The number of hydrogen-bond acceptors (Lipinski definition) is 5. The summed E-state index contributed by atoms with van der Waals surface area (Å²) in [7, 11) is 0. The van der Waals surface area contributed by atoms with Crippen LogP contribution in [-0.4, -0.2) is 17.5 Å². The first kappa shape index (κ1) is 14.3. The molecule has 1 amide bonds. The number of aryl methyl sites for hydroxylation is 1. The molecular formula is C14H17N3O2S. The maximum Gasteiger partial charge on any atom is 0.251 e. The second-order valence-corrected chi connectivity index (χ2v) is 5.33. The van der Waals surface area contributed by atoms with Gasteiger partial charge in [-0.15, -0.1) is 11.3 Å². The van der Waals surface area contributed by atoms with E-state index in [1.807, 2.05) is 19.2 Å². The van der Waals surface area contributed by atoms with Crippen LogP contribution in [0.3, 0.4) is 0 Å². The minimum Gasteiger partial charge on any atom is -0.494 e. The summed E-state index contributed by atoms with van der Waals surface area (Å²) >= 11 is 1.56. The van der Waals surface area contributed by atoms with Crippen LogP contribution in [0, 0.1) is 6.92 Å². The highest BCUT2D eigenvalue weighted by Crippen LogP contribution is 2.19. The summed E-state index contributed by atoms with van der Waals surface area (Å²) in [6.45, 7) is 4.75. The van der Waals surface area contributed by atoms with E-state index < -0.39 is 0 Å². The van der Waals surface area contributed by atoms with E-state index in [1.54, 1.807) is 29.5 Å². The van der Waals surface area contributed by atoms with Gasteiger partial charge in [-0.2, -0.15) is 0 Å². The number of thiazole rings is 1. The highest BCUT2D eigenvalue weighted by atomic mass is 32.1. The standard InChI is InChI=1S/C14H17N3O2S/c1-3-19-13-5-10(4-11(15)6-13)14(18)16-7-12-8-20-9(2)17-12/h4-6,8H,3,7,15H2,1-2H3,(H,16,18). The SMILES string of the molecule is CCOc1cc(N)cc(C(=O)NCc2csc(C)n2)c1. The van der Waals surface area contributed by atoms with Crippen LogP contribution < -0.4 is 15.8 Å². The van der Waals surface area contributed by atoms with Crippen molar-refractivity contribution in [3.63, 3.8) is 0 Å². The Hall–Kier alpha value is -2.08. The molecule has 0 aliphatic carbocycles. The van der Waals surface area contributed by atoms with Crippen molar-refractivity contribution in [2.45, 2.75) is 20.4 Å². The molecule has 3 N–H and O–H groups in total. The zero-order chi connectivity index (χ0) is 14.5. The first-order valence-corrected chi connectivity index (χ1v) is 7.19. The lowest BCUT2D eigenvalue weighted by atomic mass is 10.1. The summed E-state index contributed by atoms with van der Waals surface area (Å²) in [5, 5.41) is 5.73. The van der Waals surface area contributed by atoms with Gasteiger partial charge in [0.2, 0.25) is 0 Å². The maximum atomic E-state index is 12.1. The van der Waals surface area contributed by atoms with Crippen molar-refractivity contribution in [3.8, 4) is 5.75 Å². The van der Waals surface area contributed by atoms with Gasteiger partial charge in [-0.05, 0) is 26.0 Å².